The summed E-state index contributed by atoms with van der Waals surface area (Å²) in [5.41, 5.74) is 2.15. The van der Waals surface area contributed by atoms with Crippen molar-refractivity contribution in [3.05, 3.63) is 53.6 Å². The molecule has 0 aliphatic heterocycles. The van der Waals surface area contributed by atoms with Gasteiger partial charge in [-0.1, -0.05) is 19.9 Å². The molecule has 2 aromatic heterocycles. The quantitative estimate of drug-likeness (QED) is 0.641. The van der Waals surface area contributed by atoms with Gasteiger partial charge in [0.15, 0.2) is 0 Å². The number of hydrogen-bond acceptors (Lipinski definition) is 3. The summed E-state index contributed by atoms with van der Waals surface area (Å²) in [6.07, 6.45) is -3.25. The second-order valence-corrected chi connectivity index (χ2v) is 6.83. The van der Waals surface area contributed by atoms with Crippen molar-refractivity contribution in [2.75, 3.05) is 0 Å². The average Bonchev–Trinajstić information content (AvgIpc) is 2.94. The topological polar surface area (TPSA) is 41.6 Å². The van der Waals surface area contributed by atoms with Crippen LogP contribution in [0.5, 0.6) is 0 Å². The Morgan fingerprint density at radius 3 is 2.67 bits per heavy atom. The molecule has 2 heterocycles. The SMILES string of the molecule is CC(C)c1ccc2nc(CSc3ccnc(C(F)(F)F)c3)[nH]c2c1. The highest BCUT2D eigenvalue weighted by molar-refractivity contribution is 7.98. The van der Waals surface area contributed by atoms with Crippen LogP contribution in [0.25, 0.3) is 11.0 Å². The van der Waals surface area contributed by atoms with Gasteiger partial charge in [-0.05, 0) is 35.7 Å². The number of thioether (sulfide) groups is 1. The summed E-state index contributed by atoms with van der Waals surface area (Å²) in [6.45, 7) is 4.24. The Kier molecular flexibility index (Phi) is 4.54. The molecule has 3 nitrogen and oxygen atoms in total. The Hall–Kier alpha value is -2.02. The summed E-state index contributed by atoms with van der Waals surface area (Å²) in [5.74, 6) is 1.63. The van der Waals surface area contributed by atoms with Gasteiger partial charge in [0.05, 0.1) is 16.8 Å². The number of halogens is 3. The van der Waals surface area contributed by atoms with Crippen molar-refractivity contribution in [3.8, 4) is 0 Å². The highest BCUT2D eigenvalue weighted by Gasteiger charge is 2.32. The first-order chi connectivity index (χ1) is 11.3. The van der Waals surface area contributed by atoms with Crippen LogP contribution in [-0.2, 0) is 11.9 Å². The van der Waals surface area contributed by atoms with Crippen LogP contribution in [0.4, 0.5) is 13.2 Å². The molecule has 24 heavy (non-hydrogen) atoms. The van der Waals surface area contributed by atoms with Gasteiger partial charge in [0.1, 0.15) is 11.5 Å². The van der Waals surface area contributed by atoms with E-state index in [0.29, 0.717) is 16.6 Å². The molecule has 0 saturated heterocycles. The number of nitrogens with one attached hydrogen (secondary N) is 1. The highest BCUT2D eigenvalue weighted by atomic mass is 32.2. The minimum atomic E-state index is -4.43. The van der Waals surface area contributed by atoms with Crippen molar-refractivity contribution in [1.82, 2.24) is 15.0 Å². The molecule has 3 rings (SSSR count). The molecule has 1 N–H and O–H groups in total. The van der Waals surface area contributed by atoms with Crippen LogP contribution in [0.1, 0.15) is 36.8 Å². The van der Waals surface area contributed by atoms with Crippen molar-refractivity contribution in [2.24, 2.45) is 0 Å². The fourth-order valence-electron chi connectivity index (χ4n) is 2.32. The minimum Gasteiger partial charge on any atom is -0.341 e. The lowest BCUT2D eigenvalue weighted by Crippen LogP contribution is -2.07. The number of alkyl halides is 3. The van der Waals surface area contributed by atoms with Crippen molar-refractivity contribution < 1.29 is 13.2 Å². The van der Waals surface area contributed by atoms with E-state index < -0.39 is 11.9 Å². The molecule has 0 aliphatic rings. The highest BCUT2D eigenvalue weighted by Crippen LogP contribution is 2.31. The Labute approximate surface area is 141 Å². The normalized spacial score (nSPS) is 12.2. The summed E-state index contributed by atoms with van der Waals surface area (Å²) in [6, 6.07) is 8.70. The van der Waals surface area contributed by atoms with Crippen molar-refractivity contribution in [3.63, 3.8) is 0 Å². The van der Waals surface area contributed by atoms with Gasteiger partial charge in [-0.2, -0.15) is 13.2 Å². The van der Waals surface area contributed by atoms with Gasteiger partial charge in [-0.3, -0.25) is 4.98 Å². The predicted octanol–water partition coefficient (Wildman–Crippen LogP) is 5.39. The van der Waals surface area contributed by atoms with Crippen LogP contribution < -0.4 is 0 Å². The van der Waals surface area contributed by atoms with E-state index in [-0.39, 0.29) is 0 Å². The number of aromatic amines is 1. The van der Waals surface area contributed by atoms with E-state index >= 15 is 0 Å². The second-order valence-electron chi connectivity index (χ2n) is 5.78. The molecular formula is C17H16F3N3S. The van der Waals surface area contributed by atoms with Gasteiger partial charge in [0, 0.05) is 11.1 Å². The Morgan fingerprint density at radius 1 is 1.17 bits per heavy atom. The van der Waals surface area contributed by atoms with E-state index in [1.807, 2.05) is 12.1 Å². The van der Waals surface area contributed by atoms with Crippen LogP contribution in [0.15, 0.2) is 41.4 Å². The Balaban J connectivity index is 1.76. The fourth-order valence-corrected chi connectivity index (χ4v) is 3.11. The molecule has 0 bridgehead atoms. The Morgan fingerprint density at radius 2 is 1.96 bits per heavy atom. The molecule has 0 spiro atoms. The van der Waals surface area contributed by atoms with Crippen LogP contribution in [0.2, 0.25) is 0 Å². The van der Waals surface area contributed by atoms with Gasteiger partial charge in [0.2, 0.25) is 0 Å². The number of hydrogen-bond donors (Lipinski definition) is 1. The van der Waals surface area contributed by atoms with Crippen LogP contribution in [0.3, 0.4) is 0 Å². The van der Waals surface area contributed by atoms with Crippen molar-refractivity contribution in [1.29, 1.82) is 0 Å². The molecule has 3 aromatic rings. The zero-order chi connectivity index (χ0) is 17.3. The largest absolute Gasteiger partial charge is 0.433 e. The van der Waals surface area contributed by atoms with Gasteiger partial charge >= 0.3 is 6.18 Å². The van der Waals surface area contributed by atoms with E-state index in [1.54, 1.807) is 6.07 Å². The van der Waals surface area contributed by atoms with E-state index in [9.17, 15) is 13.2 Å². The molecule has 0 aliphatic carbocycles. The van der Waals surface area contributed by atoms with Crippen LogP contribution in [-0.4, -0.2) is 15.0 Å². The maximum atomic E-state index is 12.7. The van der Waals surface area contributed by atoms with Gasteiger partial charge in [-0.15, -0.1) is 11.8 Å². The number of benzene rings is 1. The lowest BCUT2D eigenvalue weighted by atomic mass is 10.0. The monoisotopic (exact) mass is 351 g/mol. The fraction of sp³-hybridized carbons (Fsp3) is 0.294. The third kappa shape index (κ3) is 3.72. The maximum absolute atomic E-state index is 12.7. The number of aromatic nitrogens is 3. The summed E-state index contributed by atoms with van der Waals surface area (Å²) in [4.78, 5) is 11.6. The molecule has 0 saturated carbocycles. The lowest BCUT2D eigenvalue weighted by Gasteiger charge is -2.06. The van der Waals surface area contributed by atoms with Gasteiger partial charge in [0.25, 0.3) is 0 Å². The van der Waals surface area contributed by atoms with E-state index in [2.05, 4.69) is 34.9 Å². The van der Waals surface area contributed by atoms with Crippen molar-refractivity contribution >= 4 is 22.8 Å². The molecule has 1 aromatic carbocycles. The van der Waals surface area contributed by atoms with Crippen molar-refractivity contribution in [2.45, 2.75) is 36.6 Å². The van der Waals surface area contributed by atoms with Crippen LogP contribution in [0, 0.1) is 0 Å². The number of nitrogens with zero attached hydrogens (tertiary/aromatic N) is 2. The molecular weight excluding hydrogens is 335 g/mol. The molecule has 0 amide bonds. The smallest absolute Gasteiger partial charge is 0.341 e. The number of H-pyrrole nitrogens is 1. The maximum Gasteiger partial charge on any atom is 0.433 e. The molecule has 0 atom stereocenters. The van der Waals surface area contributed by atoms with E-state index in [0.717, 1.165) is 22.9 Å². The zero-order valence-corrected chi connectivity index (χ0v) is 14.0. The zero-order valence-electron chi connectivity index (χ0n) is 13.2. The van der Waals surface area contributed by atoms with E-state index in [4.69, 9.17) is 0 Å². The lowest BCUT2D eigenvalue weighted by molar-refractivity contribution is -0.141. The summed E-state index contributed by atoms with van der Waals surface area (Å²) < 4.78 is 38.1. The summed E-state index contributed by atoms with van der Waals surface area (Å²) >= 11 is 1.30. The third-order valence-corrected chi connectivity index (χ3v) is 4.62. The number of fused-ring (bicyclic) bond motifs is 1. The second kappa shape index (κ2) is 6.47. The Bertz CT molecular complexity index is 856. The minimum absolute atomic E-state index is 0.424. The molecule has 126 valence electrons. The first kappa shape index (κ1) is 16.8. The van der Waals surface area contributed by atoms with E-state index in [1.165, 1.54) is 23.5 Å². The first-order valence-electron chi connectivity index (χ1n) is 7.47. The standard InChI is InChI=1S/C17H16F3N3S/c1-10(2)11-3-4-13-14(7-11)23-16(22-13)9-24-12-5-6-21-15(8-12)17(18,19)20/h3-8,10H,9H2,1-2H3,(H,22,23). The number of pyridine rings is 1. The molecule has 0 fully saturated rings. The molecule has 0 radical (unpaired) electrons. The number of imidazole rings is 1. The van der Waals surface area contributed by atoms with Crippen LogP contribution >= 0.6 is 11.8 Å². The molecule has 0 unspecified atom stereocenters. The van der Waals surface area contributed by atoms with Gasteiger partial charge < -0.3 is 4.98 Å². The third-order valence-electron chi connectivity index (χ3n) is 3.62. The predicted molar refractivity (Wildman–Crippen MR) is 89.0 cm³/mol. The van der Waals surface area contributed by atoms with Gasteiger partial charge in [-0.25, -0.2) is 4.98 Å². The number of rotatable bonds is 4. The summed E-state index contributed by atoms with van der Waals surface area (Å²) in [7, 11) is 0. The molecule has 7 heteroatoms. The summed E-state index contributed by atoms with van der Waals surface area (Å²) in [5, 5.41) is 0. The average molecular weight is 351 g/mol. The first-order valence-corrected chi connectivity index (χ1v) is 8.46.